The van der Waals surface area contributed by atoms with Gasteiger partial charge in [0, 0.05) is 7.11 Å². The molecule has 1 aromatic rings. The Kier molecular flexibility index (Phi) is 3.89. The van der Waals surface area contributed by atoms with Gasteiger partial charge in [-0.15, -0.1) is 0 Å². The molecule has 0 saturated heterocycles. The molecule has 2 heteroatoms. The SMILES string of the molecule is COC(C)Cc1ccc(C(C)(C)O)cc1. The predicted octanol–water partition coefficient (Wildman–Crippen LogP) is 2.49. The van der Waals surface area contributed by atoms with Gasteiger partial charge in [-0.05, 0) is 38.3 Å². The zero-order valence-electron chi connectivity index (χ0n) is 9.95. The van der Waals surface area contributed by atoms with Crippen LogP contribution in [0.15, 0.2) is 24.3 Å². The second-order valence-corrected chi connectivity index (χ2v) is 4.51. The topological polar surface area (TPSA) is 29.5 Å². The van der Waals surface area contributed by atoms with Gasteiger partial charge in [0.05, 0.1) is 11.7 Å². The van der Waals surface area contributed by atoms with Crippen LogP contribution in [0.25, 0.3) is 0 Å². The van der Waals surface area contributed by atoms with Crippen LogP contribution in [0, 0.1) is 0 Å². The number of benzene rings is 1. The second-order valence-electron chi connectivity index (χ2n) is 4.51. The Bertz CT molecular complexity index is 295. The van der Waals surface area contributed by atoms with Gasteiger partial charge in [-0.3, -0.25) is 0 Å². The summed E-state index contributed by atoms with van der Waals surface area (Å²) in [6, 6.07) is 8.03. The van der Waals surface area contributed by atoms with Crippen LogP contribution in [0.2, 0.25) is 0 Å². The highest BCUT2D eigenvalue weighted by Gasteiger charge is 2.15. The summed E-state index contributed by atoms with van der Waals surface area (Å²) in [7, 11) is 1.72. The summed E-state index contributed by atoms with van der Waals surface area (Å²) in [5, 5.41) is 9.78. The van der Waals surface area contributed by atoms with Crippen LogP contribution in [0.1, 0.15) is 31.9 Å². The Hall–Kier alpha value is -0.860. The van der Waals surface area contributed by atoms with E-state index in [2.05, 4.69) is 0 Å². The molecule has 2 nitrogen and oxygen atoms in total. The van der Waals surface area contributed by atoms with E-state index in [4.69, 9.17) is 4.74 Å². The van der Waals surface area contributed by atoms with E-state index in [1.807, 2.05) is 31.2 Å². The van der Waals surface area contributed by atoms with E-state index in [0.717, 1.165) is 12.0 Å². The molecule has 0 amide bonds. The third-order valence-corrected chi connectivity index (χ3v) is 2.59. The van der Waals surface area contributed by atoms with Gasteiger partial charge in [0.25, 0.3) is 0 Å². The zero-order valence-corrected chi connectivity index (χ0v) is 9.95. The van der Waals surface area contributed by atoms with Gasteiger partial charge in [-0.1, -0.05) is 24.3 Å². The van der Waals surface area contributed by atoms with Crippen LogP contribution < -0.4 is 0 Å². The lowest BCUT2D eigenvalue weighted by molar-refractivity contribution is 0.0785. The van der Waals surface area contributed by atoms with Crippen LogP contribution in [-0.2, 0) is 16.8 Å². The molecule has 1 aromatic carbocycles. The van der Waals surface area contributed by atoms with Crippen molar-refractivity contribution in [3.8, 4) is 0 Å². The third-order valence-electron chi connectivity index (χ3n) is 2.59. The Balaban J connectivity index is 2.73. The fraction of sp³-hybridized carbons (Fsp3) is 0.538. The van der Waals surface area contributed by atoms with E-state index in [1.165, 1.54) is 5.56 Å². The van der Waals surface area contributed by atoms with Crippen LogP contribution in [0.3, 0.4) is 0 Å². The van der Waals surface area contributed by atoms with Gasteiger partial charge in [0.1, 0.15) is 0 Å². The van der Waals surface area contributed by atoms with E-state index >= 15 is 0 Å². The largest absolute Gasteiger partial charge is 0.386 e. The second kappa shape index (κ2) is 4.77. The van der Waals surface area contributed by atoms with Gasteiger partial charge in [-0.2, -0.15) is 0 Å². The van der Waals surface area contributed by atoms with Gasteiger partial charge < -0.3 is 9.84 Å². The first-order valence-electron chi connectivity index (χ1n) is 5.28. The van der Waals surface area contributed by atoms with Crippen molar-refractivity contribution < 1.29 is 9.84 Å². The maximum absolute atomic E-state index is 9.78. The predicted molar refractivity (Wildman–Crippen MR) is 61.9 cm³/mol. The van der Waals surface area contributed by atoms with E-state index in [-0.39, 0.29) is 6.10 Å². The first kappa shape index (κ1) is 12.2. The normalized spacial score (nSPS) is 13.9. The minimum absolute atomic E-state index is 0.234. The molecule has 0 aliphatic heterocycles. The lowest BCUT2D eigenvalue weighted by Crippen LogP contribution is -2.15. The van der Waals surface area contributed by atoms with Gasteiger partial charge in [0.15, 0.2) is 0 Å². The Morgan fingerprint density at radius 2 is 1.80 bits per heavy atom. The van der Waals surface area contributed by atoms with Crippen LogP contribution in [-0.4, -0.2) is 18.3 Å². The lowest BCUT2D eigenvalue weighted by Gasteiger charge is -2.18. The van der Waals surface area contributed by atoms with E-state index in [0.29, 0.717) is 0 Å². The molecular formula is C13H20O2. The molecule has 0 aromatic heterocycles. The molecule has 1 unspecified atom stereocenters. The van der Waals surface area contributed by atoms with Crippen molar-refractivity contribution in [1.82, 2.24) is 0 Å². The standard InChI is InChI=1S/C13H20O2/c1-10(15-4)9-11-5-7-12(8-6-11)13(2,3)14/h5-8,10,14H,9H2,1-4H3. The molecule has 0 bridgehead atoms. The molecule has 1 rings (SSSR count). The average molecular weight is 208 g/mol. The summed E-state index contributed by atoms with van der Waals surface area (Å²) in [5.41, 5.74) is 1.42. The smallest absolute Gasteiger partial charge is 0.0840 e. The highest BCUT2D eigenvalue weighted by molar-refractivity contribution is 5.26. The van der Waals surface area contributed by atoms with E-state index < -0.39 is 5.60 Å². The number of hydrogen-bond donors (Lipinski definition) is 1. The van der Waals surface area contributed by atoms with Crippen molar-refractivity contribution in [2.75, 3.05) is 7.11 Å². The number of ether oxygens (including phenoxy) is 1. The molecule has 0 spiro atoms. The summed E-state index contributed by atoms with van der Waals surface area (Å²) in [6.45, 7) is 5.63. The summed E-state index contributed by atoms with van der Waals surface area (Å²) in [6.07, 6.45) is 1.14. The Labute approximate surface area is 91.9 Å². The molecule has 0 fully saturated rings. The van der Waals surface area contributed by atoms with Crippen LogP contribution in [0.4, 0.5) is 0 Å². The fourth-order valence-electron chi connectivity index (χ4n) is 1.46. The van der Waals surface area contributed by atoms with Gasteiger partial charge in [-0.25, -0.2) is 0 Å². The molecule has 0 saturated carbocycles. The Morgan fingerprint density at radius 3 is 2.20 bits per heavy atom. The van der Waals surface area contributed by atoms with Gasteiger partial charge >= 0.3 is 0 Å². The molecule has 0 aliphatic carbocycles. The minimum atomic E-state index is -0.759. The van der Waals surface area contributed by atoms with Crippen LogP contribution in [0.5, 0.6) is 0 Å². The molecule has 15 heavy (non-hydrogen) atoms. The summed E-state index contributed by atoms with van der Waals surface area (Å²) < 4.78 is 5.20. The molecule has 84 valence electrons. The molecule has 0 heterocycles. The lowest BCUT2D eigenvalue weighted by atomic mass is 9.96. The third kappa shape index (κ3) is 3.65. The summed E-state index contributed by atoms with van der Waals surface area (Å²) >= 11 is 0. The van der Waals surface area contributed by atoms with E-state index in [9.17, 15) is 5.11 Å². The minimum Gasteiger partial charge on any atom is -0.386 e. The number of rotatable bonds is 4. The first-order valence-corrected chi connectivity index (χ1v) is 5.28. The monoisotopic (exact) mass is 208 g/mol. The maximum atomic E-state index is 9.78. The molecule has 0 radical (unpaired) electrons. The van der Waals surface area contributed by atoms with Crippen LogP contribution >= 0.6 is 0 Å². The fourth-order valence-corrected chi connectivity index (χ4v) is 1.46. The summed E-state index contributed by atoms with van der Waals surface area (Å²) in [4.78, 5) is 0. The number of hydrogen-bond acceptors (Lipinski definition) is 2. The Morgan fingerprint density at radius 1 is 1.27 bits per heavy atom. The van der Waals surface area contributed by atoms with Gasteiger partial charge in [0.2, 0.25) is 0 Å². The number of aliphatic hydroxyl groups is 1. The van der Waals surface area contributed by atoms with Crippen molar-refractivity contribution >= 4 is 0 Å². The van der Waals surface area contributed by atoms with Crippen molar-refractivity contribution in [1.29, 1.82) is 0 Å². The highest BCUT2D eigenvalue weighted by Crippen LogP contribution is 2.20. The van der Waals surface area contributed by atoms with Crippen molar-refractivity contribution in [2.45, 2.75) is 38.9 Å². The number of methoxy groups -OCH3 is 1. The quantitative estimate of drug-likeness (QED) is 0.823. The molecule has 1 atom stereocenters. The molecule has 0 aliphatic rings. The van der Waals surface area contributed by atoms with Crippen molar-refractivity contribution in [3.05, 3.63) is 35.4 Å². The van der Waals surface area contributed by atoms with Crippen molar-refractivity contribution in [2.24, 2.45) is 0 Å². The maximum Gasteiger partial charge on any atom is 0.0840 e. The first-order chi connectivity index (χ1) is 6.93. The molecular weight excluding hydrogens is 188 g/mol. The average Bonchev–Trinajstić information content (AvgIpc) is 2.17. The highest BCUT2D eigenvalue weighted by atomic mass is 16.5. The molecule has 1 N–H and O–H groups in total. The summed E-state index contributed by atoms with van der Waals surface area (Å²) in [5.74, 6) is 0. The van der Waals surface area contributed by atoms with E-state index in [1.54, 1.807) is 21.0 Å². The van der Waals surface area contributed by atoms with Crippen molar-refractivity contribution in [3.63, 3.8) is 0 Å². The zero-order chi connectivity index (χ0) is 11.5.